The summed E-state index contributed by atoms with van der Waals surface area (Å²) in [6.45, 7) is 8.08. The van der Waals surface area contributed by atoms with Crippen molar-refractivity contribution in [1.29, 1.82) is 0 Å². The van der Waals surface area contributed by atoms with Gasteiger partial charge in [0.25, 0.3) is 0 Å². The number of aliphatic hydroxyl groups excluding tert-OH is 1. The van der Waals surface area contributed by atoms with Gasteiger partial charge in [-0.2, -0.15) is 0 Å². The van der Waals surface area contributed by atoms with Crippen LogP contribution in [0.1, 0.15) is 20.8 Å². The molecule has 0 aromatic rings. The highest BCUT2D eigenvalue weighted by atomic mass is 16.6. The van der Waals surface area contributed by atoms with E-state index in [4.69, 9.17) is 24.1 Å². The molecule has 0 aliphatic rings. The van der Waals surface area contributed by atoms with E-state index in [0.29, 0.717) is 33.0 Å². The van der Waals surface area contributed by atoms with E-state index in [1.165, 1.54) is 0 Å². The second-order valence-electron chi connectivity index (χ2n) is 4.19. The van der Waals surface area contributed by atoms with E-state index in [9.17, 15) is 0 Å². The minimum atomic E-state index is -0.434. The molecule has 0 aliphatic carbocycles. The van der Waals surface area contributed by atoms with Crippen molar-refractivity contribution >= 4 is 0 Å². The van der Waals surface area contributed by atoms with Crippen molar-refractivity contribution in [2.75, 3.05) is 40.1 Å². The lowest BCUT2D eigenvalue weighted by Crippen LogP contribution is -2.22. The van der Waals surface area contributed by atoms with Crippen LogP contribution in [0.5, 0.6) is 0 Å². The Morgan fingerprint density at radius 1 is 0.882 bits per heavy atom. The second kappa shape index (κ2) is 10.9. The molecule has 0 aromatic carbocycles. The molecule has 0 radical (unpaired) electrons. The van der Waals surface area contributed by atoms with Crippen LogP contribution in [-0.2, 0) is 18.9 Å². The van der Waals surface area contributed by atoms with Crippen molar-refractivity contribution in [3.05, 3.63) is 0 Å². The smallest absolute Gasteiger partial charge is 0.0781 e. The second-order valence-corrected chi connectivity index (χ2v) is 4.19. The minimum Gasteiger partial charge on any atom is -0.391 e. The molecule has 0 saturated carbocycles. The summed E-state index contributed by atoms with van der Waals surface area (Å²) in [6, 6.07) is 0. The van der Waals surface area contributed by atoms with E-state index in [-0.39, 0.29) is 12.2 Å². The Bertz CT molecular complexity index is 163. The molecule has 1 N–H and O–H groups in total. The maximum absolute atomic E-state index is 9.02. The van der Waals surface area contributed by atoms with Gasteiger partial charge in [-0.15, -0.1) is 0 Å². The number of ether oxygens (including phenoxy) is 4. The van der Waals surface area contributed by atoms with Gasteiger partial charge in [-0.1, -0.05) is 0 Å². The average Bonchev–Trinajstić information content (AvgIpc) is 2.30. The van der Waals surface area contributed by atoms with Crippen LogP contribution in [0.4, 0.5) is 0 Å². The molecule has 5 heteroatoms. The van der Waals surface area contributed by atoms with Gasteiger partial charge in [0.05, 0.1) is 51.3 Å². The summed E-state index contributed by atoms with van der Waals surface area (Å²) < 4.78 is 21.1. The van der Waals surface area contributed by atoms with Gasteiger partial charge in [0, 0.05) is 7.11 Å². The monoisotopic (exact) mass is 250 g/mol. The summed E-state index contributed by atoms with van der Waals surface area (Å²) in [5, 5.41) is 9.02. The molecule has 0 spiro atoms. The fourth-order valence-corrected chi connectivity index (χ4v) is 1.04. The Labute approximate surface area is 104 Å². The molecule has 0 rings (SSSR count). The molecule has 0 fully saturated rings. The molecule has 0 aromatic heterocycles. The lowest BCUT2D eigenvalue weighted by Gasteiger charge is -2.15. The topological polar surface area (TPSA) is 57.2 Å². The van der Waals surface area contributed by atoms with Crippen molar-refractivity contribution in [3.63, 3.8) is 0 Å². The zero-order valence-corrected chi connectivity index (χ0v) is 11.3. The minimum absolute atomic E-state index is 0.0116. The molecule has 0 saturated heterocycles. The number of rotatable bonds is 11. The van der Waals surface area contributed by atoms with Crippen molar-refractivity contribution < 1.29 is 24.1 Å². The van der Waals surface area contributed by atoms with Crippen LogP contribution in [0.15, 0.2) is 0 Å². The van der Waals surface area contributed by atoms with Crippen molar-refractivity contribution in [2.24, 2.45) is 0 Å². The van der Waals surface area contributed by atoms with E-state index in [0.717, 1.165) is 0 Å². The van der Waals surface area contributed by atoms with Crippen LogP contribution in [0.2, 0.25) is 0 Å². The summed E-state index contributed by atoms with van der Waals surface area (Å²) >= 11 is 0. The van der Waals surface area contributed by atoms with Gasteiger partial charge in [0.2, 0.25) is 0 Å². The molecular weight excluding hydrogens is 224 g/mol. The predicted octanol–water partition coefficient (Wildman–Crippen LogP) is 0.840. The molecule has 3 unspecified atom stereocenters. The third-order valence-electron chi connectivity index (χ3n) is 2.10. The van der Waals surface area contributed by atoms with Gasteiger partial charge in [-0.25, -0.2) is 0 Å². The molecule has 17 heavy (non-hydrogen) atoms. The van der Waals surface area contributed by atoms with Gasteiger partial charge in [-0.3, -0.25) is 0 Å². The molecule has 0 aliphatic heterocycles. The fraction of sp³-hybridized carbons (Fsp3) is 1.00. The number of hydrogen-bond acceptors (Lipinski definition) is 5. The quantitative estimate of drug-likeness (QED) is 0.551. The highest BCUT2D eigenvalue weighted by Gasteiger charge is 2.04. The molecule has 104 valence electrons. The van der Waals surface area contributed by atoms with Crippen LogP contribution in [0.3, 0.4) is 0 Å². The largest absolute Gasteiger partial charge is 0.391 e. The molecule has 5 nitrogen and oxygen atoms in total. The van der Waals surface area contributed by atoms with Crippen LogP contribution in [0.25, 0.3) is 0 Å². The first kappa shape index (κ1) is 16.8. The molecule has 3 atom stereocenters. The Balaban J connectivity index is 3.21. The van der Waals surface area contributed by atoms with Crippen molar-refractivity contribution in [1.82, 2.24) is 0 Å². The molecule has 0 bridgehead atoms. The van der Waals surface area contributed by atoms with Crippen molar-refractivity contribution in [3.8, 4) is 0 Å². The van der Waals surface area contributed by atoms with E-state index < -0.39 is 6.10 Å². The summed E-state index contributed by atoms with van der Waals surface area (Å²) in [5.41, 5.74) is 0. The Morgan fingerprint density at radius 3 is 1.88 bits per heavy atom. The number of hydrogen-bond donors (Lipinski definition) is 1. The van der Waals surface area contributed by atoms with Crippen LogP contribution < -0.4 is 0 Å². The van der Waals surface area contributed by atoms with E-state index in [2.05, 4.69) is 0 Å². The van der Waals surface area contributed by atoms with E-state index in [1.807, 2.05) is 13.8 Å². The summed E-state index contributed by atoms with van der Waals surface area (Å²) in [7, 11) is 1.66. The third-order valence-corrected chi connectivity index (χ3v) is 2.10. The first-order chi connectivity index (χ1) is 8.06. The van der Waals surface area contributed by atoms with E-state index >= 15 is 0 Å². The van der Waals surface area contributed by atoms with Gasteiger partial charge < -0.3 is 24.1 Å². The number of methoxy groups -OCH3 is 1. The summed E-state index contributed by atoms with van der Waals surface area (Å²) in [6.07, 6.45) is -0.331. The van der Waals surface area contributed by atoms with Crippen LogP contribution >= 0.6 is 0 Å². The highest BCUT2D eigenvalue weighted by molar-refractivity contribution is 4.50. The standard InChI is InChI=1S/C12H26O5/c1-10(13)7-17-12(3)9-16-6-5-15-8-11(2)14-4/h10-13H,5-9H2,1-4H3. The predicted molar refractivity (Wildman–Crippen MR) is 65.2 cm³/mol. The lowest BCUT2D eigenvalue weighted by atomic mass is 10.4. The van der Waals surface area contributed by atoms with Gasteiger partial charge >= 0.3 is 0 Å². The van der Waals surface area contributed by atoms with Crippen LogP contribution in [-0.4, -0.2) is 63.6 Å². The number of aliphatic hydroxyl groups is 1. The normalized spacial score (nSPS) is 16.8. The van der Waals surface area contributed by atoms with Gasteiger partial charge in [-0.05, 0) is 20.8 Å². The first-order valence-corrected chi connectivity index (χ1v) is 6.04. The van der Waals surface area contributed by atoms with Crippen molar-refractivity contribution in [2.45, 2.75) is 39.1 Å². The summed E-state index contributed by atoms with van der Waals surface area (Å²) in [4.78, 5) is 0. The first-order valence-electron chi connectivity index (χ1n) is 6.04. The zero-order valence-electron chi connectivity index (χ0n) is 11.3. The Kier molecular flexibility index (Phi) is 10.8. The Morgan fingerprint density at radius 2 is 1.41 bits per heavy atom. The third kappa shape index (κ3) is 12.1. The van der Waals surface area contributed by atoms with Gasteiger partial charge in [0.15, 0.2) is 0 Å². The Hall–Kier alpha value is -0.200. The van der Waals surface area contributed by atoms with Crippen LogP contribution in [0, 0.1) is 0 Å². The highest BCUT2D eigenvalue weighted by Crippen LogP contribution is 1.95. The fourth-order valence-electron chi connectivity index (χ4n) is 1.04. The average molecular weight is 250 g/mol. The lowest BCUT2D eigenvalue weighted by molar-refractivity contribution is -0.0518. The SMILES string of the molecule is COC(C)COCCOCC(C)OCC(C)O. The maximum Gasteiger partial charge on any atom is 0.0781 e. The van der Waals surface area contributed by atoms with E-state index in [1.54, 1.807) is 14.0 Å². The van der Waals surface area contributed by atoms with Gasteiger partial charge in [0.1, 0.15) is 0 Å². The molecular formula is C12H26O5. The molecule has 0 amide bonds. The molecule has 0 heterocycles. The maximum atomic E-state index is 9.02. The zero-order chi connectivity index (χ0) is 13.1. The summed E-state index contributed by atoms with van der Waals surface area (Å²) in [5.74, 6) is 0.